The molecule has 0 amide bonds. The summed E-state index contributed by atoms with van der Waals surface area (Å²) in [6.07, 6.45) is 5.86. The molecule has 6 unspecified atom stereocenters. The van der Waals surface area contributed by atoms with Gasteiger partial charge in [0.05, 0.1) is 11.2 Å². The van der Waals surface area contributed by atoms with Gasteiger partial charge < -0.3 is 4.74 Å². The fraction of sp³-hybridized carbons (Fsp3) is 0.733. The molecule has 82 valence electrons. The Morgan fingerprint density at radius 1 is 0.875 bits per heavy atom. The molecule has 1 heteroatoms. The van der Waals surface area contributed by atoms with Gasteiger partial charge in [0.1, 0.15) is 0 Å². The van der Waals surface area contributed by atoms with Crippen molar-refractivity contribution in [1.82, 2.24) is 0 Å². The van der Waals surface area contributed by atoms with E-state index in [4.69, 9.17) is 4.74 Å². The second kappa shape index (κ2) is 1.68. The highest BCUT2D eigenvalue weighted by molar-refractivity contribution is 5.47. The maximum Gasteiger partial charge on any atom is 0.0941 e. The third kappa shape index (κ3) is 0.365. The van der Waals surface area contributed by atoms with E-state index in [-0.39, 0.29) is 11.2 Å². The zero-order valence-electron chi connectivity index (χ0n) is 9.30. The molecule has 7 aliphatic rings. The molecule has 0 aromatic rings. The summed E-state index contributed by atoms with van der Waals surface area (Å²) in [4.78, 5) is 0. The molecule has 10 atom stereocenters. The van der Waals surface area contributed by atoms with Gasteiger partial charge in [0.25, 0.3) is 0 Å². The Balaban J connectivity index is 1.78. The van der Waals surface area contributed by atoms with E-state index in [1.54, 1.807) is 0 Å². The van der Waals surface area contributed by atoms with Crippen molar-refractivity contribution in [3.63, 3.8) is 0 Å². The molecule has 7 fully saturated rings. The second-order valence-electron chi connectivity index (χ2n) is 7.04. The van der Waals surface area contributed by atoms with Gasteiger partial charge in [0, 0.05) is 23.7 Å². The van der Waals surface area contributed by atoms with Gasteiger partial charge in [0.2, 0.25) is 0 Å². The van der Waals surface area contributed by atoms with E-state index >= 15 is 0 Å². The molecule has 0 aromatic heterocycles. The summed E-state index contributed by atoms with van der Waals surface area (Å²) >= 11 is 0. The average molecular weight is 212 g/mol. The van der Waals surface area contributed by atoms with E-state index in [0.717, 1.165) is 47.3 Å². The van der Waals surface area contributed by atoms with E-state index in [1.165, 1.54) is 6.42 Å². The van der Waals surface area contributed by atoms with Gasteiger partial charge in [-0.2, -0.15) is 0 Å². The summed E-state index contributed by atoms with van der Waals surface area (Å²) in [5.41, 5.74) is 0.168. The SMILES string of the molecule is C=C[C@]12O[C@]3(C=C)C4C5C(C41)[C@H]1C[C@@H]5C3C12. The molecule has 5 aliphatic carbocycles. The van der Waals surface area contributed by atoms with Gasteiger partial charge >= 0.3 is 0 Å². The van der Waals surface area contributed by atoms with Crippen LogP contribution in [0.25, 0.3) is 0 Å². The van der Waals surface area contributed by atoms with Crippen LogP contribution >= 0.6 is 0 Å². The molecule has 0 radical (unpaired) electrons. The maximum absolute atomic E-state index is 6.61. The number of hydrogen-bond acceptors (Lipinski definition) is 1. The standard InChI is InChI=1S/C15H16O/c1-3-14-10-6-5-7-9-8(6)12(14)13(9)15(4-2,16-14)11(7)10/h3-4,6-13H,1-2,5H2/t6-,7+,8?,9?,10?,11?,12?,13?,14-,15+. The third-order valence-corrected chi connectivity index (χ3v) is 7.58. The van der Waals surface area contributed by atoms with Crippen LogP contribution in [0.1, 0.15) is 6.42 Å². The predicted molar refractivity (Wildman–Crippen MR) is 59.5 cm³/mol. The molecule has 0 N–H and O–H groups in total. The summed E-state index contributed by atoms with van der Waals surface area (Å²) in [5, 5.41) is 0. The highest BCUT2D eigenvalue weighted by Gasteiger charge is 2.95. The molecule has 4 bridgehead atoms. The van der Waals surface area contributed by atoms with Gasteiger partial charge in [-0.05, 0) is 30.1 Å². The van der Waals surface area contributed by atoms with Gasteiger partial charge in [0.15, 0.2) is 0 Å². The molecule has 2 heterocycles. The molecule has 2 aliphatic heterocycles. The molecule has 0 aromatic carbocycles. The van der Waals surface area contributed by atoms with Gasteiger partial charge in [-0.1, -0.05) is 12.2 Å². The minimum atomic E-state index is 0.0839. The summed E-state index contributed by atoms with van der Waals surface area (Å²) in [5.74, 6) is 7.29. The van der Waals surface area contributed by atoms with Crippen LogP contribution in [0.4, 0.5) is 0 Å². The van der Waals surface area contributed by atoms with E-state index in [2.05, 4.69) is 25.3 Å². The van der Waals surface area contributed by atoms with E-state index in [1.807, 2.05) is 0 Å². The van der Waals surface area contributed by atoms with Crippen molar-refractivity contribution >= 4 is 0 Å². The summed E-state index contributed by atoms with van der Waals surface area (Å²) < 4.78 is 6.61. The molecule has 1 nitrogen and oxygen atoms in total. The lowest BCUT2D eigenvalue weighted by molar-refractivity contribution is -0.0178. The minimum absolute atomic E-state index is 0.0839. The van der Waals surface area contributed by atoms with E-state index < -0.39 is 0 Å². The van der Waals surface area contributed by atoms with E-state index in [0.29, 0.717) is 0 Å². The number of ether oxygens (including phenoxy) is 1. The van der Waals surface area contributed by atoms with Crippen molar-refractivity contribution in [1.29, 1.82) is 0 Å². The first-order chi connectivity index (χ1) is 7.80. The van der Waals surface area contributed by atoms with Gasteiger partial charge in [-0.3, -0.25) is 0 Å². The zero-order chi connectivity index (χ0) is 10.4. The fourth-order valence-electron chi connectivity index (χ4n) is 7.89. The predicted octanol–water partition coefficient (Wildman–Crippen LogP) is 2.25. The van der Waals surface area contributed by atoms with Crippen LogP contribution in [0, 0.1) is 47.3 Å². The Morgan fingerprint density at radius 2 is 1.38 bits per heavy atom. The normalized spacial score (nSPS) is 82.2. The minimum Gasteiger partial charge on any atom is -0.359 e. The van der Waals surface area contributed by atoms with Gasteiger partial charge in [-0.15, -0.1) is 13.2 Å². The van der Waals surface area contributed by atoms with Crippen molar-refractivity contribution in [3.05, 3.63) is 25.3 Å². The molecule has 0 spiro atoms. The average Bonchev–Trinajstić information content (AvgIpc) is 2.86. The smallest absolute Gasteiger partial charge is 0.0941 e. The summed E-state index contributed by atoms with van der Waals surface area (Å²) in [7, 11) is 0. The van der Waals surface area contributed by atoms with Crippen molar-refractivity contribution in [2.45, 2.75) is 17.6 Å². The molecular formula is C15H16O. The van der Waals surface area contributed by atoms with Gasteiger partial charge in [-0.25, -0.2) is 0 Å². The Kier molecular flexibility index (Phi) is 0.808. The molecule has 16 heavy (non-hydrogen) atoms. The molecule has 7 rings (SSSR count). The second-order valence-corrected chi connectivity index (χ2v) is 7.04. The van der Waals surface area contributed by atoms with Crippen LogP contribution in [-0.2, 0) is 4.74 Å². The van der Waals surface area contributed by atoms with Crippen LogP contribution < -0.4 is 0 Å². The first-order valence-corrected chi connectivity index (χ1v) is 6.77. The molecule has 5 saturated carbocycles. The fourth-order valence-corrected chi connectivity index (χ4v) is 7.89. The lowest BCUT2D eigenvalue weighted by Gasteiger charge is -2.46. The van der Waals surface area contributed by atoms with Crippen LogP contribution in [0.15, 0.2) is 25.3 Å². The topological polar surface area (TPSA) is 9.23 Å². The first kappa shape index (κ1) is 7.71. The van der Waals surface area contributed by atoms with Crippen molar-refractivity contribution in [3.8, 4) is 0 Å². The van der Waals surface area contributed by atoms with Crippen LogP contribution in [0.5, 0.6) is 0 Å². The largest absolute Gasteiger partial charge is 0.359 e. The van der Waals surface area contributed by atoms with Crippen molar-refractivity contribution < 1.29 is 4.74 Å². The lowest BCUT2D eigenvalue weighted by atomic mass is 9.55. The highest BCUT2D eigenvalue weighted by atomic mass is 16.5. The summed E-state index contributed by atoms with van der Waals surface area (Å²) in [6, 6.07) is 0. The van der Waals surface area contributed by atoms with Crippen molar-refractivity contribution in [2.24, 2.45) is 47.3 Å². The first-order valence-electron chi connectivity index (χ1n) is 6.77. The van der Waals surface area contributed by atoms with Crippen LogP contribution in [0.3, 0.4) is 0 Å². The number of rotatable bonds is 2. The van der Waals surface area contributed by atoms with Crippen LogP contribution in [0.2, 0.25) is 0 Å². The maximum atomic E-state index is 6.61. The monoisotopic (exact) mass is 212 g/mol. The zero-order valence-corrected chi connectivity index (χ0v) is 9.30. The van der Waals surface area contributed by atoms with Crippen LogP contribution in [-0.4, -0.2) is 11.2 Å². The Morgan fingerprint density at radius 3 is 1.81 bits per heavy atom. The Hall–Kier alpha value is -0.560. The van der Waals surface area contributed by atoms with Crippen molar-refractivity contribution in [2.75, 3.05) is 0 Å². The van der Waals surface area contributed by atoms with E-state index in [9.17, 15) is 0 Å². The quantitative estimate of drug-likeness (QED) is 0.638. The molecular weight excluding hydrogens is 196 g/mol. The Labute approximate surface area is 95.5 Å². The third-order valence-electron chi connectivity index (χ3n) is 7.58. The summed E-state index contributed by atoms with van der Waals surface area (Å²) in [6.45, 7) is 8.24. The number of hydrogen-bond donors (Lipinski definition) is 0. The Bertz CT molecular complexity index is 436. The molecule has 2 saturated heterocycles. The highest BCUT2D eigenvalue weighted by Crippen LogP contribution is 2.93. The lowest BCUT2D eigenvalue weighted by Crippen LogP contribution is -2.50.